The lowest BCUT2D eigenvalue weighted by Gasteiger charge is -2.23. The van der Waals surface area contributed by atoms with Crippen LogP contribution in [0.4, 0.5) is 4.79 Å². The molecule has 0 aliphatic carbocycles. The van der Waals surface area contributed by atoms with Gasteiger partial charge in [-0.2, -0.15) is 5.26 Å². The van der Waals surface area contributed by atoms with Crippen molar-refractivity contribution in [1.29, 1.82) is 5.26 Å². The number of esters is 1. The molecule has 1 aliphatic rings. The van der Waals surface area contributed by atoms with E-state index in [9.17, 15) is 9.59 Å². The predicted molar refractivity (Wildman–Crippen MR) is 89.3 cm³/mol. The Morgan fingerprint density at radius 2 is 2.16 bits per heavy atom. The van der Waals surface area contributed by atoms with E-state index in [1.165, 1.54) is 0 Å². The van der Waals surface area contributed by atoms with Gasteiger partial charge in [-0.15, -0.1) is 4.99 Å². The molecule has 1 saturated heterocycles. The van der Waals surface area contributed by atoms with Gasteiger partial charge in [-0.25, -0.2) is 4.79 Å². The van der Waals surface area contributed by atoms with Crippen LogP contribution in [-0.4, -0.2) is 56.5 Å². The van der Waals surface area contributed by atoms with Crippen molar-refractivity contribution in [2.24, 2.45) is 16.3 Å². The molecule has 1 heterocycles. The monoisotopic (exact) mass is 354 g/mol. The maximum Gasteiger partial charge on any atom is 0.416 e. The minimum absolute atomic E-state index is 0.0691. The molecule has 1 fully saturated rings. The molecule has 1 unspecified atom stereocenters. The summed E-state index contributed by atoms with van der Waals surface area (Å²) >= 11 is 0. The molecule has 1 aliphatic heterocycles. The van der Waals surface area contributed by atoms with Gasteiger partial charge in [0.1, 0.15) is 0 Å². The van der Waals surface area contributed by atoms with Gasteiger partial charge >= 0.3 is 12.1 Å². The van der Waals surface area contributed by atoms with E-state index in [4.69, 9.17) is 19.5 Å². The molecule has 9 nitrogen and oxygen atoms in total. The number of guanidine groups is 1. The number of alkyl carbamates (subject to hydrolysis) is 1. The van der Waals surface area contributed by atoms with Crippen LogP contribution in [0.2, 0.25) is 0 Å². The Bertz CT molecular complexity index is 535. The van der Waals surface area contributed by atoms with E-state index in [1.54, 1.807) is 32.0 Å². The fraction of sp³-hybridized carbons (Fsp3) is 0.750. The largest absolute Gasteiger partial charge is 0.427 e. The summed E-state index contributed by atoms with van der Waals surface area (Å²) in [6, 6.07) is 0. The van der Waals surface area contributed by atoms with E-state index in [-0.39, 0.29) is 5.96 Å². The molecule has 140 valence electrons. The van der Waals surface area contributed by atoms with Gasteiger partial charge in [0.2, 0.25) is 18.9 Å². The minimum Gasteiger partial charge on any atom is -0.427 e. The van der Waals surface area contributed by atoms with Gasteiger partial charge < -0.3 is 19.1 Å². The molecule has 0 aromatic carbocycles. The van der Waals surface area contributed by atoms with Crippen LogP contribution >= 0.6 is 0 Å². The van der Waals surface area contributed by atoms with Gasteiger partial charge in [0.25, 0.3) is 0 Å². The van der Waals surface area contributed by atoms with Crippen LogP contribution in [0.3, 0.4) is 0 Å². The van der Waals surface area contributed by atoms with Crippen LogP contribution < -0.4 is 5.32 Å². The van der Waals surface area contributed by atoms with Crippen molar-refractivity contribution >= 4 is 18.0 Å². The lowest BCUT2D eigenvalue weighted by Crippen LogP contribution is -2.44. The second kappa shape index (κ2) is 9.84. The Labute approximate surface area is 147 Å². The number of amides is 1. The van der Waals surface area contributed by atoms with Crippen LogP contribution in [0.25, 0.3) is 0 Å². The first kappa shape index (κ1) is 20.7. The summed E-state index contributed by atoms with van der Waals surface area (Å²) in [6.45, 7) is 6.78. The lowest BCUT2D eigenvalue weighted by molar-refractivity contribution is -0.162. The fourth-order valence-electron chi connectivity index (χ4n) is 2.06. The summed E-state index contributed by atoms with van der Waals surface area (Å²) in [5.41, 5.74) is -0.642. The molecule has 1 N–H and O–H groups in total. The number of hydrogen-bond donors (Lipinski definition) is 1. The topological polar surface area (TPSA) is 113 Å². The molecule has 0 bridgehead atoms. The van der Waals surface area contributed by atoms with Crippen molar-refractivity contribution in [3.05, 3.63) is 0 Å². The number of aliphatic imine (C=N–C) groups is 1. The van der Waals surface area contributed by atoms with E-state index in [2.05, 4.69) is 10.3 Å². The summed E-state index contributed by atoms with van der Waals surface area (Å²) in [5, 5.41) is 11.2. The first-order valence-corrected chi connectivity index (χ1v) is 8.16. The highest BCUT2D eigenvalue weighted by Crippen LogP contribution is 2.21. The molecule has 9 heteroatoms. The zero-order chi connectivity index (χ0) is 18.9. The smallest absolute Gasteiger partial charge is 0.416 e. The maximum absolute atomic E-state index is 11.8. The molecular weight excluding hydrogens is 328 g/mol. The average molecular weight is 354 g/mol. The Morgan fingerprint density at radius 1 is 1.44 bits per heavy atom. The van der Waals surface area contributed by atoms with Gasteiger partial charge in [0, 0.05) is 26.1 Å². The SMILES string of the molecule is CCC(C)(C)C(=O)OCOC(=O)NC(=NC#N)N(C)CC1CCOC1. The molecule has 0 radical (unpaired) electrons. The van der Waals surface area contributed by atoms with Gasteiger partial charge in [0.15, 0.2) is 0 Å². The zero-order valence-electron chi connectivity index (χ0n) is 15.2. The predicted octanol–water partition coefficient (Wildman–Crippen LogP) is 1.45. The first-order chi connectivity index (χ1) is 11.8. The normalized spacial score (nSPS) is 17.6. The molecule has 0 spiro atoms. The summed E-state index contributed by atoms with van der Waals surface area (Å²) in [5.74, 6) is -0.0735. The van der Waals surface area contributed by atoms with Gasteiger partial charge in [-0.1, -0.05) is 6.92 Å². The van der Waals surface area contributed by atoms with Crippen LogP contribution in [0.15, 0.2) is 4.99 Å². The van der Waals surface area contributed by atoms with Crippen molar-refractivity contribution in [1.82, 2.24) is 10.2 Å². The van der Waals surface area contributed by atoms with Crippen molar-refractivity contribution in [2.75, 3.05) is 33.6 Å². The molecule has 0 saturated carbocycles. The Hall–Kier alpha value is -2.34. The van der Waals surface area contributed by atoms with Crippen molar-refractivity contribution < 1.29 is 23.8 Å². The van der Waals surface area contributed by atoms with Gasteiger partial charge in [-0.3, -0.25) is 10.1 Å². The number of ether oxygens (including phenoxy) is 3. The summed E-state index contributed by atoms with van der Waals surface area (Å²) in [4.78, 5) is 28.8. The Morgan fingerprint density at radius 3 is 2.72 bits per heavy atom. The molecule has 0 aromatic heterocycles. The molecule has 1 amide bonds. The number of carbonyl (C=O) groups is 2. The Balaban J connectivity index is 2.44. The van der Waals surface area contributed by atoms with Gasteiger partial charge in [0.05, 0.1) is 12.0 Å². The summed E-state index contributed by atoms with van der Waals surface area (Å²) in [6.07, 6.45) is 2.30. The van der Waals surface area contributed by atoms with E-state index in [0.717, 1.165) is 6.42 Å². The Kier molecular flexibility index (Phi) is 8.15. The van der Waals surface area contributed by atoms with Crippen LogP contribution in [-0.2, 0) is 19.0 Å². The van der Waals surface area contributed by atoms with E-state index in [1.807, 2.05) is 6.92 Å². The number of hydrogen-bond acceptors (Lipinski definition) is 7. The highest BCUT2D eigenvalue weighted by atomic mass is 16.7. The zero-order valence-corrected chi connectivity index (χ0v) is 15.2. The molecular formula is C16H26N4O5. The average Bonchev–Trinajstić information content (AvgIpc) is 3.07. The van der Waals surface area contributed by atoms with Crippen molar-refractivity contribution in [2.45, 2.75) is 33.6 Å². The van der Waals surface area contributed by atoms with Crippen LogP contribution in [0, 0.1) is 22.8 Å². The third-order valence-corrected chi connectivity index (χ3v) is 4.10. The second-order valence-electron chi connectivity index (χ2n) is 6.49. The summed E-state index contributed by atoms with van der Waals surface area (Å²) in [7, 11) is 1.71. The number of nitriles is 1. The third-order valence-electron chi connectivity index (χ3n) is 4.10. The van der Waals surface area contributed by atoms with E-state index >= 15 is 0 Å². The number of nitrogens with zero attached hydrogens (tertiary/aromatic N) is 3. The minimum atomic E-state index is -0.856. The lowest BCUT2D eigenvalue weighted by atomic mass is 9.91. The highest BCUT2D eigenvalue weighted by Gasteiger charge is 2.27. The van der Waals surface area contributed by atoms with Crippen molar-refractivity contribution in [3.63, 3.8) is 0 Å². The standard InChI is InChI=1S/C16H26N4O5/c1-5-16(2,3)13(21)24-11-25-15(22)19-14(18-10-17)20(4)8-12-6-7-23-9-12/h12H,5-9,11H2,1-4H3,(H,18,19,22). The van der Waals surface area contributed by atoms with Crippen LogP contribution in [0.5, 0.6) is 0 Å². The fourth-order valence-corrected chi connectivity index (χ4v) is 2.06. The maximum atomic E-state index is 11.8. The third kappa shape index (κ3) is 6.97. The first-order valence-electron chi connectivity index (χ1n) is 8.16. The number of nitrogens with one attached hydrogen (secondary N) is 1. The van der Waals surface area contributed by atoms with E-state index < -0.39 is 24.3 Å². The molecule has 1 atom stereocenters. The summed E-state index contributed by atoms with van der Waals surface area (Å²) < 4.78 is 15.0. The number of carbonyl (C=O) groups excluding carboxylic acids is 2. The molecule has 0 aromatic rings. The van der Waals surface area contributed by atoms with Crippen LogP contribution in [0.1, 0.15) is 33.6 Å². The van der Waals surface area contributed by atoms with Gasteiger partial charge in [-0.05, 0) is 26.7 Å². The highest BCUT2D eigenvalue weighted by molar-refractivity contribution is 5.94. The number of rotatable bonds is 6. The second-order valence-corrected chi connectivity index (χ2v) is 6.49. The quantitative estimate of drug-likeness (QED) is 0.252. The van der Waals surface area contributed by atoms with E-state index in [0.29, 0.717) is 32.1 Å². The molecule has 1 rings (SSSR count). The van der Waals surface area contributed by atoms with Crippen molar-refractivity contribution in [3.8, 4) is 6.19 Å². The molecule has 25 heavy (non-hydrogen) atoms.